The van der Waals surface area contributed by atoms with E-state index in [1.807, 2.05) is 6.92 Å². The maximum atomic E-state index is 12.6. The van der Waals surface area contributed by atoms with Gasteiger partial charge in [0.1, 0.15) is 0 Å². The van der Waals surface area contributed by atoms with E-state index in [2.05, 4.69) is 25.8 Å². The summed E-state index contributed by atoms with van der Waals surface area (Å²) in [6, 6.07) is -0.0928. The van der Waals surface area contributed by atoms with Gasteiger partial charge < -0.3 is 5.32 Å². The second-order valence-electron chi connectivity index (χ2n) is 5.94. The fraction of sp³-hybridized carbons (Fsp3) is 0.467. The van der Waals surface area contributed by atoms with Gasteiger partial charge in [0.05, 0.1) is 35.6 Å². The number of hydrogen-bond acceptors (Lipinski definition) is 6. The van der Waals surface area contributed by atoms with E-state index in [0.29, 0.717) is 12.2 Å². The van der Waals surface area contributed by atoms with Gasteiger partial charge in [0, 0.05) is 26.0 Å². The van der Waals surface area contributed by atoms with Crippen molar-refractivity contribution in [2.45, 2.75) is 25.6 Å². The minimum Gasteiger partial charge on any atom is -0.356 e. The minimum absolute atomic E-state index is 0.0326. The first-order valence-corrected chi connectivity index (χ1v) is 8.00. The molecule has 26 heavy (non-hydrogen) atoms. The zero-order valence-corrected chi connectivity index (χ0v) is 14.2. The van der Waals surface area contributed by atoms with Crippen LogP contribution in [0.1, 0.15) is 24.9 Å². The van der Waals surface area contributed by atoms with Gasteiger partial charge in [0.2, 0.25) is 11.9 Å². The topological polar surface area (TPSA) is 88.0 Å². The molecule has 140 valence electrons. The molecule has 2 aromatic rings. The van der Waals surface area contributed by atoms with Crippen LogP contribution in [0.3, 0.4) is 0 Å². The normalized spacial score (nSPS) is 20.7. The van der Waals surface area contributed by atoms with Gasteiger partial charge in [-0.1, -0.05) is 6.92 Å². The Kier molecular flexibility index (Phi) is 4.81. The first-order valence-electron chi connectivity index (χ1n) is 8.00. The van der Waals surface area contributed by atoms with E-state index in [9.17, 15) is 18.0 Å². The summed E-state index contributed by atoms with van der Waals surface area (Å²) in [6.45, 7) is 2.40. The van der Waals surface area contributed by atoms with Crippen molar-refractivity contribution in [1.29, 1.82) is 0 Å². The van der Waals surface area contributed by atoms with Gasteiger partial charge in [-0.2, -0.15) is 18.3 Å². The molecule has 3 rings (SSSR count). The van der Waals surface area contributed by atoms with E-state index in [1.54, 1.807) is 17.9 Å². The van der Waals surface area contributed by atoms with Crippen LogP contribution in [0.5, 0.6) is 0 Å². The number of hydrazine groups is 1. The summed E-state index contributed by atoms with van der Waals surface area (Å²) in [4.78, 5) is 19.4. The van der Waals surface area contributed by atoms with Crippen LogP contribution in [0.2, 0.25) is 0 Å². The maximum absolute atomic E-state index is 12.6. The highest BCUT2D eigenvalue weighted by Gasteiger charge is 2.32. The Morgan fingerprint density at radius 1 is 1.31 bits per heavy atom. The van der Waals surface area contributed by atoms with E-state index in [1.165, 1.54) is 11.2 Å². The number of nitrogens with zero attached hydrogens (tertiary/aromatic N) is 5. The van der Waals surface area contributed by atoms with Crippen LogP contribution in [0, 0.1) is 5.92 Å². The molecule has 0 aromatic carbocycles. The summed E-state index contributed by atoms with van der Waals surface area (Å²) >= 11 is 0. The number of carbonyl (C=O) groups is 1. The number of anilines is 2. The molecule has 8 nitrogen and oxygen atoms in total. The smallest absolute Gasteiger partial charge is 0.356 e. The predicted octanol–water partition coefficient (Wildman–Crippen LogP) is 1.66. The quantitative estimate of drug-likeness (QED) is 0.797. The monoisotopic (exact) mass is 369 g/mol. The number of hydrogen-bond donors (Lipinski definition) is 2. The van der Waals surface area contributed by atoms with E-state index >= 15 is 0 Å². The Bertz CT molecular complexity index is 774. The van der Waals surface area contributed by atoms with Crippen LogP contribution < -0.4 is 15.8 Å². The first kappa shape index (κ1) is 18.1. The van der Waals surface area contributed by atoms with Gasteiger partial charge in [0.25, 0.3) is 0 Å². The fourth-order valence-corrected chi connectivity index (χ4v) is 2.84. The van der Waals surface area contributed by atoms with Crippen LogP contribution in [0.4, 0.5) is 24.8 Å². The van der Waals surface area contributed by atoms with Gasteiger partial charge in [0.15, 0.2) is 0 Å². The highest BCUT2D eigenvalue weighted by Crippen LogP contribution is 2.30. The Morgan fingerprint density at radius 2 is 2.00 bits per heavy atom. The first-order chi connectivity index (χ1) is 12.3. The molecule has 1 aliphatic heterocycles. The second kappa shape index (κ2) is 6.90. The third kappa shape index (κ3) is 3.47. The zero-order valence-electron chi connectivity index (χ0n) is 14.2. The van der Waals surface area contributed by atoms with Crippen molar-refractivity contribution in [3.63, 3.8) is 0 Å². The third-order valence-corrected chi connectivity index (χ3v) is 4.31. The van der Waals surface area contributed by atoms with Crippen molar-refractivity contribution in [3.05, 3.63) is 30.4 Å². The Hall–Kier alpha value is -2.69. The molecule has 1 saturated heterocycles. The van der Waals surface area contributed by atoms with Crippen molar-refractivity contribution < 1.29 is 18.0 Å². The van der Waals surface area contributed by atoms with Crippen LogP contribution in [0.15, 0.2) is 24.8 Å². The van der Waals surface area contributed by atoms with Gasteiger partial charge in [-0.05, 0) is 6.42 Å². The van der Waals surface area contributed by atoms with Gasteiger partial charge in [-0.25, -0.2) is 20.4 Å². The molecule has 0 radical (unpaired) electrons. The summed E-state index contributed by atoms with van der Waals surface area (Å²) in [5.74, 6) is -0.216. The summed E-state index contributed by atoms with van der Waals surface area (Å²) in [6.07, 6.45) is 0.944. The highest BCUT2D eigenvalue weighted by molar-refractivity contribution is 5.79. The predicted molar refractivity (Wildman–Crippen MR) is 86.3 cm³/mol. The molecule has 2 aromatic heterocycles. The number of halogens is 3. The standard InChI is InChI=1S/C15H18F3N7O/c1-9-12(3-4-20-13(9)26)24-8-11(7-23-24)25(19-2)14-21-5-10(6-22-14)15(16,17)18/h5-9,12,19H,3-4H2,1-2H3,(H,20,26). The molecule has 0 aliphatic carbocycles. The summed E-state index contributed by atoms with van der Waals surface area (Å²) in [5.41, 5.74) is 2.45. The van der Waals surface area contributed by atoms with Crippen molar-refractivity contribution in [1.82, 2.24) is 30.5 Å². The Labute approximate surface area is 147 Å². The van der Waals surface area contributed by atoms with Gasteiger partial charge >= 0.3 is 6.18 Å². The number of amides is 1. The van der Waals surface area contributed by atoms with Crippen molar-refractivity contribution in [2.24, 2.45) is 5.92 Å². The van der Waals surface area contributed by atoms with Crippen LogP contribution in [-0.4, -0.2) is 39.2 Å². The number of alkyl halides is 3. The molecule has 0 saturated carbocycles. The average molecular weight is 369 g/mol. The fourth-order valence-electron chi connectivity index (χ4n) is 2.84. The van der Waals surface area contributed by atoms with Crippen LogP contribution >= 0.6 is 0 Å². The molecule has 2 unspecified atom stereocenters. The summed E-state index contributed by atoms with van der Waals surface area (Å²) < 4.78 is 39.6. The molecule has 3 heterocycles. The second-order valence-corrected chi connectivity index (χ2v) is 5.94. The highest BCUT2D eigenvalue weighted by atomic mass is 19.4. The SMILES string of the molecule is CNN(c1cnn(C2CCNC(=O)C2C)c1)c1ncc(C(F)(F)F)cn1. The van der Waals surface area contributed by atoms with Crippen molar-refractivity contribution >= 4 is 17.5 Å². The lowest BCUT2D eigenvalue weighted by Crippen LogP contribution is -2.41. The Balaban J connectivity index is 1.83. The number of piperidine rings is 1. The number of carbonyl (C=O) groups excluding carboxylic acids is 1. The molecule has 0 bridgehead atoms. The molecule has 2 N–H and O–H groups in total. The summed E-state index contributed by atoms with van der Waals surface area (Å²) in [5, 5.41) is 8.51. The lowest BCUT2D eigenvalue weighted by Gasteiger charge is -2.28. The summed E-state index contributed by atoms with van der Waals surface area (Å²) in [7, 11) is 1.59. The number of aromatic nitrogens is 4. The molecule has 1 fully saturated rings. The number of rotatable bonds is 4. The molecular formula is C15H18F3N7O. The van der Waals surface area contributed by atoms with E-state index < -0.39 is 11.7 Å². The van der Waals surface area contributed by atoms with Crippen molar-refractivity contribution in [3.8, 4) is 0 Å². The Morgan fingerprint density at radius 3 is 2.62 bits per heavy atom. The van der Waals surface area contributed by atoms with Crippen molar-refractivity contribution in [2.75, 3.05) is 18.6 Å². The molecule has 11 heteroatoms. The zero-order chi connectivity index (χ0) is 18.9. The molecule has 1 aliphatic rings. The van der Waals surface area contributed by atoms with E-state index in [0.717, 1.165) is 18.8 Å². The average Bonchev–Trinajstić information content (AvgIpc) is 3.07. The maximum Gasteiger partial charge on any atom is 0.419 e. The van der Waals surface area contributed by atoms with Gasteiger partial charge in [-0.3, -0.25) is 9.48 Å². The molecule has 0 spiro atoms. The van der Waals surface area contributed by atoms with Gasteiger partial charge in [-0.15, -0.1) is 0 Å². The lowest BCUT2D eigenvalue weighted by molar-refractivity contribution is -0.138. The van der Waals surface area contributed by atoms with Crippen LogP contribution in [-0.2, 0) is 11.0 Å². The minimum atomic E-state index is -4.49. The largest absolute Gasteiger partial charge is 0.419 e. The molecule has 2 atom stereocenters. The van der Waals surface area contributed by atoms with E-state index in [4.69, 9.17) is 0 Å². The third-order valence-electron chi connectivity index (χ3n) is 4.31. The molecule has 1 amide bonds. The van der Waals surface area contributed by atoms with Crippen LogP contribution in [0.25, 0.3) is 0 Å². The van der Waals surface area contributed by atoms with E-state index in [-0.39, 0.29) is 23.8 Å². The lowest BCUT2D eigenvalue weighted by atomic mass is 9.95. The number of nitrogens with one attached hydrogen (secondary N) is 2. The molecular weight excluding hydrogens is 351 g/mol.